The number of nitrogens with two attached hydrogens (primary N) is 1. The van der Waals surface area contributed by atoms with Crippen LogP contribution < -0.4 is 11.1 Å². The van der Waals surface area contributed by atoms with E-state index < -0.39 is 0 Å². The largest absolute Gasteiger partial charge is 0.330 e. The average Bonchev–Trinajstić information content (AvgIpc) is 1.95. The normalized spacial score (nSPS) is 15.0. The quantitative estimate of drug-likeness (QED) is 0.687. The fourth-order valence-corrected chi connectivity index (χ4v) is 1.22. The summed E-state index contributed by atoms with van der Waals surface area (Å²) in [7, 11) is 0. The summed E-state index contributed by atoms with van der Waals surface area (Å²) < 4.78 is 0. The van der Waals surface area contributed by atoms with Crippen LogP contribution in [0.2, 0.25) is 0 Å². The topological polar surface area (TPSA) is 38.0 Å². The van der Waals surface area contributed by atoms with Gasteiger partial charge >= 0.3 is 0 Å². The second kappa shape index (κ2) is 5.61. The van der Waals surface area contributed by atoms with Crippen molar-refractivity contribution in [2.45, 2.75) is 34.6 Å². The van der Waals surface area contributed by atoms with Gasteiger partial charge < -0.3 is 11.1 Å². The minimum absolute atomic E-state index is 0.371. The molecule has 1 atom stereocenters. The molecule has 0 fully saturated rings. The Balaban J connectivity index is 3.62. The molecule has 0 bridgehead atoms. The van der Waals surface area contributed by atoms with Crippen LogP contribution in [0.3, 0.4) is 0 Å². The third-order valence-electron chi connectivity index (χ3n) is 2.31. The molecule has 0 aliphatic carbocycles. The highest BCUT2D eigenvalue weighted by Crippen LogP contribution is 2.12. The van der Waals surface area contributed by atoms with Crippen molar-refractivity contribution >= 4 is 0 Å². The van der Waals surface area contributed by atoms with Gasteiger partial charge in [-0.25, -0.2) is 0 Å². The van der Waals surface area contributed by atoms with E-state index in [1.165, 1.54) is 0 Å². The second-order valence-electron chi connectivity index (χ2n) is 5.43. The Hall–Kier alpha value is -0.0800. The molecule has 0 saturated heterocycles. The van der Waals surface area contributed by atoms with E-state index in [4.69, 9.17) is 5.73 Å². The molecule has 0 aromatic rings. The summed E-state index contributed by atoms with van der Waals surface area (Å²) >= 11 is 0. The third-order valence-corrected chi connectivity index (χ3v) is 2.31. The van der Waals surface area contributed by atoms with Crippen LogP contribution in [0.4, 0.5) is 0 Å². The van der Waals surface area contributed by atoms with Crippen molar-refractivity contribution in [2.75, 3.05) is 19.6 Å². The van der Waals surface area contributed by atoms with E-state index in [2.05, 4.69) is 39.9 Å². The first-order chi connectivity index (χ1) is 5.87. The van der Waals surface area contributed by atoms with E-state index >= 15 is 0 Å². The zero-order valence-corrected chi connectivity index (χ0v) is 9.85. The third kappa shape index (κ3) is 7.03. The van der Waals surface area contributed by atoms with Gasteiger partial charge in [0.1, 0.15) is 0 Å². The van der Waals surface area contributed by atoms with Gasteiger partial charge in [0.15, 0.2) is 0 Å². The van der Waals surface area contributed by atoms with Crippen molar-refractivity contribution < 1.29 is 0 Å². The maximum absolute atomic E-state index is 5.68. The summed E-state index contributed by atoms with van der Waals surface area (Å²) in [4.78, 5) is 0. The molecule has 0 amide bonds. The molecule has 2 nitrogen and oxygen atoms in total. The van der Waals surface area contributed by atoms with Crippen molar-refractivity contribution in [3.63, 3.8) is 0 Å². The summed E-state index contributed by atoms with van der Waals surface area (Å²) in [6.07, 6.45) is 0. The standard InChI is InChI=1S/C11H26N2/c1-9(2)10(6-12)7-13-8-11(3,4)5/h9-10,13H,6-8,12H2,1-5H3. The van der Waals surface area contributed by atoms with Crippen LogP contribution >= 0.6 is 0 Å². The van der Waals surface area contributed by atoms with E-state index in [1.54, 1.807) is 0 Å². The molecule has 0 saturated carbocycles. The first-order valence-electron chi connectivity index (χ1n) is 5.27. The minimum atomic E-state index is 0.371. The molecule has 0 rings (SSSR count). The van der Waals surface area contributed by atoms with Gasteiger partial charge in [-0.15, -0.1) is 0 Å². The molecular formula is C11H26N2. The summed E-state index contributed by atoms with van der Waals surface area (Å²) in [5.74, 6) is 1.29. The number of hydrogen-bond acceptors (Lipinski definition) is 2. The second-order valence-corrected chi connectivity index (χ2v) is 5.43. The molecule has 0 radical (unpaired) electrons. The SMILES string of the molecule is CC(C)C(CN)CNCC(C)(C)C. The van der Waals surface area contributed by atoms with Gasteiger partial charge in [-0.3, -0.25) is 0 Å². The van der Waals surface area contributed by atoms with Crippen molar-refractivity contribution in [2.24, 2.45) is 23.0 Å². The lowest BCUT2D eigenvalue weighted by Gasteiger charge is -2.23. The lowest BCUT2D eigenvalue weighted by Crippen LogP contribution is -2.35. The molecule has 1 unspecified atom stereocenters. The van der Waals surface area contributed by atoms with Crippen LogP contribution in [0.1, 0.15) is 34.6 Å². The van der Waals surface area contributed by atoms with Crippen molar-refractivity contribution in [1.82, 2.24) is 5.32 Å². The Morgan fingerprint density at radius 3 is 2.08 bits per heavy atom. The Morgan fingerprint density at radius 1 is 1.23 bits per heavy atom. The molecule has 13 heavy (non-hydrogen) atoms. The van der Waals surface area contributed by atoms with E-state index in [-0.39, 0.29) is 0 Å². The molecule has 2 heteroatoms. The van der Waals surface area contributed by atoms with E-state index in [9.17, 15) is 0 Å². The van der Waals surface area contributed by atoms with Crippen LogP contribution in [-0.4, -0.2) is 19.6 Å². The highest BCUT2D eigenvalue weighted by molar-refractivity contribution is 4.70. The predicted molar refractivity (Wildman–Crippen MR) is 59.7 cm³/mol. The van der Waals surface area contributed by atoms with Crippen LogP contribution in [-0.2, 0) is 0 Å². The fourth-order valence-electron chi connectivity index (χ4n) is 1.22. The minimum Gasteiger partial charge on any atom is -0.330 e. The van der Waals surface area contributed by atoms with Gasteiger partial charge in [-0.1, -0.05) is 34.6 Å². The zero-order chi connectivity index (χ0) is 10.5. The average molecular weight is 186 g/mol. The van der Waals surface area contributed by atoms with Gasteiger partial charge in [0.05, 0.1) is 0 Å². The maximum atomic E-state index is 5.68. The summed E-state index contributed by atoms with van der Waals surface area (Å²) in [6, 6.07) is 0. The van der Waals surface area contributed by atoms with E-state index in [0.717, 1.165) is 19.6 Å². The van der Waals surface area contributed by atoms with Gasteiger partial charge in [0.25, 0.3) is 0 Å². The molecular weight excluding hydrogens is 160 g/mol. The number of rotatable bonds is 5. The molecule has 3 N–H and O–H groups in total. The molecule has 0 aliphatic rings. The fraction of sp³-hybridized carbons (Fsp3) is 1.00. The van der Waals surface area contributed by atoms with Gasteiger partial charge in [-0.2, -0.15) is 0 Å². The van der Waals surface area contributed by atoms with Crippen LogP contribution in [0.5, 0.6) is 0 Å². The smallest absolute Gasteiger partial charge is 0.000000186 e. The Morgan fingerprint density at radius 2 is 1.77 bits per heavy atom. The Labute approximate surface area is 83.3 Å². The predicted octanol–water partition coefficient (Wildman–Crippen LogP) is 1.85. The monoisotopic (exact) mass is 186 g/mol. The van der Waals surface area contributed by atoms with Crippen molar-refractivity contribution in [3.8, 4) is 0 Å². The maximum Gasteiger partial charge on any atom is 0.000000186 e. The van der Waals surface area contributed by atoms with Crippen LogP contribution in [0, 0.1) is 17.3 Å². The van der Waals surface area contributed by atoms with Gasteiger partial charge in [-0.05, 0) is 30.3 Å². The Bertz CT molecular complexity index is 125. The molecule has 80 valence electrons. The molecule has 0 aromatic carbocycles. The summed E-state index contributed by atoms with van der Waals surface area (Å²) in [5, 5.41) is 3.48. The van der Waals surface area contributed by atoms with Gasteiger partial charge in [0, 0.05) is 6.54 Å². The zero-order valence-electron chi connectivity index (χ0n) is 9.85. The number of nitrogens with one attached hydrogen (secondary N) is 1. The van der Waals surface area contributed by atoms with Gasteiger partial charge in [0.2, 0.25) is 0 Å². The molecule has 0 spiro atoms. The highest BCUT2D eigenvalue weighted by Gasteiger charge is 2.13. The molecule has 0 heterocycles. The lowest BCUT2D eigenvalue weighted by molar-refractivity contribution is 0.324. The number of hydrogen-bond donors (Lipinski definition) is 2. The first kappa shape index (κ1) is 12.9. The molecule has 0 aliphatic heterocycles. The van der Waals surface area contributed by atoms with E-state index in [1.807, 2.05) is 0 Å². The summed E-state index contributed by atoms with van der Waals surface area (Å²) in [5.41, 5.74) is 6.05. The molecule has 0 aromatic heterocycles. The Kier molecular flexibility index (Phi) is 5.57. The van der Waals surface area contributed by atoms with Crippen LogP contribution in [0.25, 0.3) is 0 Å². The van der Waals surface area contributed by atoms with E-state index in [0.29, 0.717) is 17.3 Å². The highest BCUT2D eigenvalue weighted by atomic mass is 14.9. The van der Waals surface area contributed by atoms with Crippen molar-refractivity contribution in [1.29, 1.82) is 0 Å². The van der Waals surface area contributed by atoms with Crippen molar-refractivity contribution in [3.05, 3.63) is 0 Å². The lowest BCUT2D eigenvalue weighted by atomic mass is 9.94. The summed E-state index contributed by atoms with van der Waals surface area (Å²) in [6.45, 7) is 14.1. The van der Waals surface area contributed by atoms with Crippen LogP contribution in [0.15, 0.2) is 0 Å². The first-order valence-corrected chi connectivity index (χ1v) is 5.27.